The van der Waals surface area contributed by atoms with Crippen LogP contribution >= 0.6 is 23.2 Å². The number of urea groups is 1. The zero-order valence-electron chi connectivity index (χ0n) is 12.8. The lowest BCUT2D eigenvalue weighted by Crippen LogP contribution is -2.38. The molecular formula is C17H13Cl2N3O3. The Morgan fingerprint density at radius 1 is 1.12 bits per heavy atom. The molecule has 1 atom stereocenters. The van der Waals surface area contributed by atoms with Crippen molar-refractivity contribution in [3.8, 4) is 0 Å². The van der Waals surface area contributed by atoms with E-state index in [0.717, 1.165) is 4.90 Å². The Labute approximate surface area is 153 Å². The molecule has 0 radical (unpaired) electrons. The van der Waals surface area contributed by atoms with Gasteiger partial charge in [-0.3, -0.25) is 14.5 Å². The molecule has 1 saturated heterocycles. The van der Waals surface area contributed by atoms with Crippen molar-refractivity contribution in [1.29, 1.82) is 0 Å². The first-order valence-electron chi connectivity index (χ1n) is 7.37. The van der Waals surface area contributed by atoms with Crippen LogP contribution in [-0.4, -0.2) is 29.3 Å². The SMILES string of the molecule is O=C(CN1C(=O)NC(c2ccccc2)C1=O)Nc1ccc(Cl)cc1Cl. The third-order valence-corrected chi connectivity index (χ3v) is 4.21. The number of nitrogens with one attached hydrogen (secondary N) is 2. The molecule has 1 unspecified atom stereocenters. The lowest BCUT2D eigenvalue weighted by Gasteiger charge is -2.14. The summed E-state index contributed by atoms with van der Waals surface area (Å²) in [6.07, 6.45) is 0. The summed E-state index contributed by atoms with van der Waals surface area (Å²) < 4.78 is 0. The number of benzene rings is 2. The van der Waals surface area contributed by atoms with Crippen molar-refractivity contribution < 1.29 is 14.4 Å². The van der Waals surface area contributed by atoms with Crippen LogP contribution in [-0.2, 0) is 9.59 Å². The van der Waals surface area contributed by atoms with Gasteiger partial charge in [0.15, 0.2) is 0 Å². The number of carbonyl (C=O) groups excluding carboxylic acids is 3. The first-order valence-corrected chi connectivity index (χ1v) is 8.13. The Hall–Kier alpha value is -2.57. The molecule has 0 bridgehead atoms. The van der Waals surface area contributed by atoms with E-state index < -0.39 is 30.4 Å². The van der Waals surface area contributed by atoms with Crippen molar-refractivity contribution in [3.05, 3.63) is 64.1 Å². The minimum absolute atomic E-state index is 0.264. The van der Waals surface area contributed by atoms with Gasteiger partial charge >= 0.3 is 6.03 Å². The second kappa shape index (κ2) is 7.13. The van der Waals surface area contributed by atoms with Gasteiger partial charge < -0.3 is 10.6 Å². The van der Waals surface area contributed by atoms with E-state index in [-0.39, 0.29) is 5.02 Å². The van der Waals surface area contributed by atoms with E-state index in [2.05, 4.69) is 10.6 Å². The first kappa shape index (κ1) is 17.3. The monoisotopic (exact) mass is 377 g/mol. The molecule has 1 heterocycles. The Bertz CT molecular complexity index is 842. The topological polar surface area (TPSA) is 78.5 Å². The largest absolute Gasteiger partial charge is 0.325 e. The van der Waals surface area contributed by atoms with E-state index in [1.807, 2.05) is 6.07 Å². The van der Waals surface area contributed by atoms with Crippen LogP contribution in [0.5, 0.6) is 0 Å². The Kier molecular flexibility index (Phi) is 4.92. The molecule has 2 aromatic rings. The van der Waals surface area contributed by atoms with E-state index in [4.69, 9.17) is 23.2 Å². The van der Waals surface area contributed by atoms with Crippen LogP contribution in [0.4, 0.5) is 10.5 Å². The van der Waals surface area contributed by atoms with Gasteiger partial charge in [-0.2, -0.15) is 0 Å². The quantitative estimate of drug-likeness (QED) is 0.802. The number of hydrogen-bond acceptors (Lipinski definition) is 3. The van der Waals surface area contributed by atoms with Crippen LogP contribution in [0.15, 0.2) is 48.5 Å². The molecule has 0 aromatic heterocycles. The Balaban J connectivity index is 1.69. The van der Waals surface area contributed by atoms with E-state index in [1.165, 1.54) is 6.07 Å². The minimum Gasteiger partial charge on any atom is -0.323 e. The number of nitrogens with zero attached hydrogens (tertiary/aromatic N) is 1. The van der Waals surface area contributed by atoms with Crippen molar-refractivity contribution >= 4 is 46.7 Å². The summed E-state index contributed by atoms with van der Waals surface area (Å²) in [4.78, 5) is 37.5. The minimum atomic E-state index is -0.791. The van der Waals surface area contributed by atoms with Gasteiger partial charge in [0.1, 0.15) is 12.6 Å². The molecule has 2 aromatic carbocycles. The molecule has 0 aliphatic carbocycles. The second-order valence-corrected chi connectivity index (χ2v) is 6.23. The lowest BCUT2D eigenvalue weighted by molar-refractivity contribution is -0.130. The van der Waals surface area contributed by atoms with Gasteiger partial charge in [0.05, 0.1) is 10.7 Å². The number of imide groups is 1. The molecule has 6 nitrogen and oxygen atoms in total. The zero-order chi connectivity index (χ0) is 18.0. The van der Waals surface area contributed by atoms with Crippen LogP contribution in [0, 0.1) is 0 Å². The predicted molar refractivity (Wildman–Crippen MR) is 94.5 cm³/mol. The summed E-state index contributed by atoms with van der Waals surface area (Å²) in [5.41, 5.74) is 1.01. The van der Waals surface area contributed by atoms with Crippen LogP contribution in [0.2, 0.25) is 10.0 Å². The van der Waals surface area contributed by atoms with Gasteiger partial charge in [-0.1, -0.05) is 53.5 Å². The van der Waals surface area contributed by atoms with Crippen molar-refractivity contribution in [2.75, 3.05) is 11.9 Å². The van der Waals surface area contributed by atoms with Gasteiger partial charge in [-0.25, -0.2) is 4.79 Å². The number of hydrogen-bond donors (Lipinski definition) is 2. The highest BCUT2D eigenvalue weighted by atomic mass is 35.5. The number of anilines is 1. The highest BCUT2D eigenvalue weighted by Gasteiger charge is 2.39. The number of rotatable bonds is 4. The van der Waals surface area contributed by atoms with Crippen molar-refractivity contribution in [2.24, 2.45) is 0 Å². The fraction of sp³-hybridized carbons (Fsp3) is 0.118. The van der Waals surface area contributed by atoms with E-state index in [9.17, 15) is 14.4 Å². The smallest absolute Gasteiger partial charge is 0.323 e. The highest BCUT2D eigenvalue weighted by molar-refractivity contribution is 6.36. The first-order chi connectivity index (χ1) is 12.0. The Morgan fingerprint density at radius 2 is 1.84 bits per heavy atom. The maximum absolute atomic E-state index is 12.4. The van der Waals surface area contributed by atoms with Gasteiger partial charge in [-0.05, 0) is 23.8 Å². The van der Waals surface area contributed by atoms with Crippen LogP contribution in [0.3, 0.4) is 0 Å². The summed E-state index contributed by atoms with van der Waals surface area (Å²) in [6.45, 7) is -0.410. The standard InChI is InChI=1S/C17H13Cl2N3O3/c18-11-6-7-13(12(19)8-11)20-14(23)9-22-16(24)15(21-17(22)25)10-4-2-1-3-5-10/h1-8,15H,9H2,(H,20,23)(H,21,25). The zero-order valence-corrected chi connectivity index (χ0v) is 14.3. The van der Waals surface area contributed by atoms with E-state index in [1.54, 1.807) is 36.4 Å². The van der Waals surface area contributed by atoms with Crippen molar-refractivity contribution in [2.45, 2.75) is 6.04 Å². The molecular weight excluding hydrogens is 365 g/mol. The van der Waals surface area contributed by atoms with E-state index in [0.29, 0.717) is 16.3 Å². The molecule has 8 heteroatoms. The third kappa shape index (κ3) is 3.75. The average molecular weight is 378 g/mol. The van der Waals surface area contributed by atoms with Gasteiger partial charge in [-0.15, -0.1) is 0 Å². The molecule has 0 saturated carbocycles. The summed E-state index contributed by atoms with van der Waals surface area (Å²) in [5, 5.41) is 5.83. The number of halogens is 2. The van der Waals surface area contributed by atoms with Crippen molar-refractivity contribution in [1.82, 2.24) is 10.2 Å². The molecule has 128 valence electrons. The van der Waals surface area contributed by atoms with Crippen LogP contribution in [0.1, 0.15) is 11.6 Å². The van der Waals surface area contributed by atoms with Crippen LogP contribution in [0.25, 0.3) is 0 Å². The van der Waals surface area contributed by atoms with Gasteiger partial charge in [0, 0.05) is 5.02 Å². The highest BCUT2D eigenvalue weighted by Crippen LogP contribution is 2.26. The fourth-order valence-corrected chi connectivity index (χ4v) is 2.92. The number of amides is 4. The summed E-state index contributed by atoms with van der Waals surface area (Å²) in [7, 11) is 0. The molecule has 3 rings (SSSR count). The third-order valence-electron chi connectivity index (χ3n) is 3.67. The summed E-state index contributed by atoms with van der Waals surface area (Å²) in [5.74, 6) is -1.02. The number of carbonyl (C=O) groups is 3. The lowest BCUT2D eigenvalue weighted by atomic mass is 10.1. The normalized spacial score (nSPS) is 16.7. The molecule has 25 heavy (non-hydrogen) atoms. The summed E-state index contributed by atoms with van der Waals surface area (Å²) >= 11 is 11.8. The molecule has 4 amide bonds. The molecule has 0 spiro atoms. The maximum atomic E-state index is 12.4. The molecule has 1 fully saturated rings. The fourth-order valence-electron chi connectivity index (χ4n) is 2.46. The Morgan fingerprint density at radius 3 is 2.52 bits per heavy atom. The molecule has 1 aliphatic heterocycles. The molecule has 1 aliphatic rings. The predicted octanol–water partition coefficient (Wildman–Crippen LogP) is 3.23. The van der Waals surface area contributed by atoms with Crippen molar-refractivity contribution in [3.63, 3.8) is 0 Å². The summed E-state index contributed by atoms with van der Waals surface area (Å²) in [6, 6.07) is 12.0. The molecule has 2 N–H and O–H groups in total. The maximum Gasteiger partial charge on any atom is 0.325 e. The van der Waals surface area contributed by atoms with Gasteiger partial charge in [0.2, 0.25) is 5.91 Å². The van der Waals surface area contributed by atoms with Crippen LogP contribution < -0.4 is 10.6 Å². The van der Waals surface area contributed by atoms with Gasteiger partial charge in [0.25, 0.3) is 5.91 Å². The van der Waals surface area contributed by atoms with E-state index >= 15 is 0 Å². The average Bonchev–Trinajstić information content (AvgIpc) is 2.86. The second-order valence-electron chi connectivity index (χ2n) is 5.39.